The van der Waals surface area contributed by atoms with E-state index in [9.17, 15) is 18.7 Å². The molecule has 0 amide bonds. The Morgan fingerprint density at radius 1 is 1.40 bits per heavy atom. The third kappa shape index (κ3) is 1.55. The van der Waals surface area contributed by atoms with Gasteiger partial charge in [0.2, 0.25) is 0 Å². The van der Waals surface area contributed by atoms with Gasteiger partial charge in [-0.3, -0.25) is 0 Å². The number of halogens is 2. The van der Waals surface area contributed by atoms with Crippen LogP contribution in [0.1, 0.15) is 12.8 Å². The molecule has 84 valence electrons. The number of alkyl halides is 2. The molecule has 1 fully saturated rings. The Morgan fingerprint density at radius 3 is 2.47 bits per heavy atom. The van der Waals surface area contributed by atoms with Crippen molar-refractivity contribution in [2.24, 2.45) is 17.8 Å². The van der Waals surface area contributed by atoms with E-state index in [4.69, 9.17) is 5.11 Å². The average molecular weight is 218 g/mol. The van der Waals surface area contributed by atoms with Crippen LogP contribution in [-0.4, -0.2) is 28.2 Å². The number of hydrogen-bond acceptors (Lipinski definition) is 2. The van der Waals surface area contributed by atoms with Crippen LogP contribution >= 0.6 is 0 Å². The third-order valence-electron chi connectivity index (χ3n) is 3.39. The molecule has 2 aliphatic rings. The Bertz CT molecular complexity index is 314. The van der Waals surface area contributed by atoms with Crippen molar-refractivity contribution < 1.29 is 23.8 Å². The fraction of sp³-hybridized carbons (Fsp3) is 0.700. The Kier molecular flexibility index (Phi) is 2.30. The zero-order valence-electron chi connectivity index (χ0n) is 7.94. The van der Waals surface area contributed by atoms with Gasteiger partial charge in [0.05, 0.1) is 0 Å². The molecule has 0 aliphatic heterocycles. The van der Waals surface area contributed by atoms with E-state index in [0.717, 1.165) is 6.42 Å². The van der Waals surface area contributed by atoms with Gasteiger partial charge in [-0.2, -0.15) is 8.78 Å². The predicted molar refractivity (Wildman–Crippen MR) is 47.4 cm³/mol. The number of rotatable bonds is 3. The Hall–Kier alpha value is -0.970. The molecule has 0 saturated heterocycles. The second-order valence-electron chi connectivity index (χ2n) is 4.32. The molecule has 4 atom stereocenters. The lowest BCUT2D eigenvalue weighted by atomic mass is 9.85. The number of carbonyl (C=O) groups is 1. The molecule has 15 heavy (non-hydrogen) atoms. The second kappa shape index (κ2) is 3.27. The summed E-state index contributed by atoms with van der Waals surface area (Å²) < 4.78 is 26.1. The molecule has 0 aromatic heterocycles. The summed E-state index contributed by atoms with van der Waals surface area (Å²) in [4.78, 5) is 10.3. The first-order valence-corrected chi connectivity index (χ1v) is 4.90. The molecule has 2 rings (SSSR count). The van der Waals surface area contributed by atoms with Crippen molar-refractivity contribution in [2.45, 2.75) is 24.9 Å². The van der Waals surface area contributed by atoms with Gasteiger partial charge in [0.15, 0.2) is 0 Å². The van der Waals surface area contributed by atoms with E-state index in [1.54, 1.807) is 6.08 Å². The standard InChI is InChI=1S/C10H12F2O3/c11-10(12,9(14)15)8(13)7-4-5-1-2-6(7)3-5/h1-2,5-8,13H,3-4H2,(H,14,15). The first kappa shape index (κ1) is 10.5. The van der Waals surface area contributed by atoms with E-state index in [2.05, 4.69) is 0 Å². The fourth-order valence-electron chi connectivity index (χ4n) is 2.58. The molecule has 0 spiro atoms. The van der Waals surface area contributed by atoms with Crippen molar-refractivity contribution in [3.05, 3.63) is 12.2 Å². The zero-order chi connectivity index (χ0) is 11.2. The largest absolute Gasteiger partial charge is 0.477 e. The molecule has 2 N–H and O–H groups in total. The van der Waals surface area contributed by atoms with Gasteiger partial charge in [0.1, 0.15) is 6.10 Å². The van der Waals surface area contributed by atoms with Crippen LogP contribution in [0.2, 0.25) is 0 Å². The van der Waals surface area contributed by atoms with Crippen molar-refractivity contribution in [3.63, 3.8) is 0 Å². The van der Waals surface area contributed by atoms with Crippen molar-refractivity contribution in [2.75, 3.05) is 0 Å². The normalized spacial score (nSPS) is 35.8. The van der Waals surface area contributed by atoms with Crippen LogP contribution in [0.3, 0.4) is 0 Å². The molecule has 0 aromatic rings. The Morgan fingerprint density at radius 2 is 2.07 bits per heavy atom. The molecule has 2 aliphatic carbocycles. The highest BCUT2D eigenvalue weighted by Crippen LogP contribution is 2.47. The molecule has 0 radical (unpaired) electrons. The number of fused-ring (bicyclic) bond motifs is 2. The lowest BCUT2D eigenvalue weighted by Gasteiger charge is -2.28. The number of aliphatic hydroxyl groups excluding tert-OH is 1. The summed E-state index contributed by atoms with van der Waals surface area (Å²) in [6.07, 6.45) is 2.91. The minimum absolute atomic E-state index is 0.0878. The highest BCUT2D eigenvalue weighted by atomic mass is 19.3. The summed E-state index contributed by atoms with van der Waals surface area (Å²) in [5.74, 6) is -6.76. The minimum Gasteiger partial charge on any atom is -0.477 e. The van der Waals surface area contributed by atoms with Crippen LogP contribution in [0.5, 0.6) is 0 Å². The molecule has 5 heteroatoms. The van der Waals surface area contributed by atoms with E-state index in [0.29, 0.717) is 6.42 Å². The van der Waals surface area contributed by atoms with Gasteiger partial charge in [-0.05, 0) is 30.6 Å². The molecule has 4 unspecified atom stereocenters. The lowest BCUT2D eigenvalue weighted by Crippen LogP contribution is -2.46. The van der Waals surface area contributed by atoms with Crippen LogP contribution in [0, 0.1) is 17.8 Å². The first-order valence-electron chi connectivity index (χ1n) is 4.90. The number of aliphatic hydroxyl groups is 1. The average Bonchev–Trinajstić information content (AvgIpc) is 2.76. The predicted octanol–water partition coefficient (Wildman–Crippen LogP) is 1.28. The smallest absolute Gasteiger partial charge is 0.377 e. The highest BCUT2D eigenvalue weighted by Gasteiger charge is 2.54. The number of carboxylic acids is 1. The number of aliphatic carboxylic acids is 1. The highest BCUT2D eigenvalue weighted by molar-refractivity contribution is 5.76. The third-order valence-corrected chi connectivity index (χ3v) is 3.39. The van der Waals surface area contributed by atoms with E-state index >= 15 is 0 Å². The van der Waals surface area contributed by atoms with E-state index < -0.39 is 23.9 Å². The summed E-state index contributed by atoms with van der Waals surface area (Å²) in [5, 5.41) is 17.7. The first-order chi connectivity index (χ1) is 6.93. The Balaban J connectivity index is 2.12. The fourth-order valence-corrected chi connectivity index (χ4v) is 2.58. The quantitative estimate of drug-likeness (QED) is 0.701. The molecule has 0 aromatic carbocycles. The lowest BCUT2D eigenvalue weighted by molar-refractivity contribution is -0.189. The second-order valence-corrected chi connectivity index (χ2v) is 4.32. The summed E-state index contributed by atoms with van der Waals surface area (Å²) in [6.45, 7) is 0. The number of hydrogen-bond donors (Lipinski definition) is 2. The molecular formula is C10H12F2O3. The zero-order valence-corrected chi connectivity index (χ0v) is 7.94. The van der Waals surface area contributed by atoms with Crippen LogP contribution in [-0.2, 0) is 4.79 Å². The van der Waals surface area contributed by atoms with Crippen LogP contribution < -0.4 is 0 Å². The summed E-state index contributed by atoms with van der Waals surface area (Å²) in [7, 11) is 0. The van der Waals surface area contributed by atoms with Gasteiger partial charge in [-0.25, -0.2) is 4.79 Å². The molecule has 3 nitrogen and oxygen atoms in total. The number of carboxylic acid groups (broad SMARTS) is 1. The van der Waals surface area contributed by atoms with Gasteiger partial charge >= 0.3 is 11.9 Å². The van der Waals surface area contributed by atoms with E-state index in [1.807, 2.05) is 6.08 Å². The van der Waals surface area contributed by atoms with Gasteiger partial charge < -0.3 is 10.2 Å². The van der Waals surface area contributed by atoms with Crippen LogP contribution in [0.25, 0.3) is 0 Å². The summed E-state index contributed by atoms with van der Waals surface area (Å²) in [6, 6.07) is 0. The maximum atomic E-state index is 13.0. The molecule has 1 saturated carbocycles. The van der Waals surface area contributed by atoms with Crippen molar-refractivity contribution in [1.29, 1.82) is 0 Å². The maximum Gasteiger partial charge on any atom is 0.377 e. The van der Waals surface area contributed by atoms with Crippen molar-refractivity contribution in [3.8, 4) is 0 Å². The van der Waals surface area contributed by atoms with Gasteiger partial charge in [-0.1, -0.05) is 12.2 Å². The topological polar surface area (TPSA) is 57.5 Å². The van der Waals surface area contributed by atoms with Crippen LogP contribution in [0.4, 0.5) is 8.78 Å². The van der Waals surface area contributed by atoms with Crippen molar-refractivity contribution >= 4 is 5.97 Å². The summed E-state index contributed by atoms with van der Waals surface area (Å²) in [5.41, 5.74) is 0. The monoisotopic (exact) mass is 218 g/mol. The summed E-state index contributed by atoms with van der Waals surface area (Å²) >= 11 is 0. The van der Waals surface area contributed by atoms with E-state index in [1.165, 1.54) is 0 Å². The molecular weight excluding hydrogens is 206 g/mol. The van der Waals surface area contributed by atoms with E-state index in [-0.39, 0.29) is 11.8 Å². The Labute approximate surface area is 85.4 Å². The SMILES string of the molecule is O=C(O)C(F)(F)C(O)C1CC2C=CC1C2. The van der Waals surface area contributed by atoms with Crippen molar-refractivity contribution in [1.82, 2.24) is 0 Å². The maximum absolute atomic E-state index is 13.0. The van der Waals surface area contributed by atoms with Gasteiger partial charge in [0.25, 0.3) is 0 Å². The molecule has 2 bridgehead atoms. The van der Waals surface area contributed by atoms with Crippen LogP contribution in [0.15, 0.2) is 12.2 Å². The molecule has 0 heterocycles. The minimum atomic E-state index is -4.04. The van der Waals surface area contributed by atoms with Gasteiger partial charge in [-0.15, -0.1) is 0 Å². The van der Waals surface area contributed by atoms with Gasteiger partial charge in [0, 0.05) is 0 Å². The number of allylic oxidation sites excluding steroid dienone is 2.